The van der Waals surface area contributed by atoms with Crippen LogP contribution in [0.1, 0.15) is 25.8 Å². The van der Waals surface area contributed by atoms with E-state index in [1.165, 1.54) is 6.20 Å². The Morgan fingerprint density at radius 1 is 1.35 bits per heavy atom. The molecule has 114 valence electrons. The van der Waals surface area contributed by atoms with Crippen molar-refractivity contribution in [2.45, 2.75) is 38.1 Å². The van der Waals surface area contributed by atoms with E-state index in [0.29, 0.717) is 18.0 Å². The van der Waals surface area contributed by atoms with Crippen LogP contribution in [0.5, 0.6) is 0 Å². The van der Waals surface area contributed by atoms with E-state index >= 15 is 0 Å². The van der Waals surface area contributed by atoms with Gasteiger partial charge in [-0.05, 0) is 45.0 Å². The van der Waals surface area contributed by atoms with Crippen LogP contribution in [0, 0.1) is 12.8 Å². The predicted octanol–water partition coefficient (Wildman–Crippen LogP) is 1.64. The molecule has 0 saturated heterocycles. The van der Waals surface area contributed by atoms with Gasteiger partial charge in [0.15, 0.2) is 0 Å². The highest BCUT2D eigenvalue weighted by Crippen LogP contribution is 2.15. The topological polar surface area (TPSA) is 62.3 Å². The maximum Gasteiger partial charge on any atom is 0.242 e. The molecule has 0 aliphatic rings. The largest absolute Gasteiger partial charge is 0.308 e. The molecule has 0 saturated carbocycles. The van der Waals surface area contributed by atoms with E-state index in [0.717, 1.165) is 6.42 Å². The molecule has 5 nitrogen and oxygen atoms in total. The SMILES string of the molecule is Cc1ccncc1S(=O)(=O)NC(CC(C)C)CN(C)C. The Hall–Kier alpha value is -0.980. The van der Waals surface area contributed by atoms with Crippen molar-refractivity contribution in [2.24, 2.45) is 5.92 Å². The van der Waals surface area contributed by atoms with Crippen molar-refractivity contribution in [1.82, 2.24) is 14.6 Å². The highest BCUT2D eigenvalue weighted by molar-refractivity contribution is 7.89. The summed E-state index contributed by atoms with van der Waals surface area (Å²) in [5, 5.41) is 0. The van der Waals surface area contributed by atoms with E-state index in [1.807, 2.05) is 19.0 Å². The van der Waals surface area contributed by atoms with Crippen LogP contribution in [0.25, 0.3) is 0 Å². The quantitative estimate of drug-likeness (QED) is 0.831. The number of aryl methyl sites for hydroxylation is 1. The lowest BCUT2D eigenvalue weighted by Gasteiger charge is -2.24. The Morgan fingerprint density at radius 3 is 2.50 bits per heavy atom. The summed E-state index contributed by atoms with van der Waals surface area (Å²) in [6.07, 6.45) is 3.80. The molecule has 1 aromatic rings. The summed E-state index contributed by atoms with van der Waals surface area (Å²) >= 11 is 0. The third-order valence-corrected chi connectivity index (χ3v) is 4.59. The van der Waals surface area contributed by atoms with Crippen LogP contribution in [-0.2, 0) is 10.0 Å². The highest BCUT2D eigenvalue weighted by atomic mass is 32.2. The summed E-state index contributed by atoms with van der Waals surface area (Å²) < 4.78 is 27.7. The van der Waals surface area contributed by atoms with E-state index < -0.39 is 10.0 Å². The number of hydrogen-bond acceptors (Lipinski definition) is 4. The molecule has 0 amide bonds. The van der Waals surface area contributed by atoms with Crippen LogP contribution in [-0.4, -0.2) is 45.0 Å². The zero-order chi connectivity index (χ0) is 15.3. The summed E-state index contributed by atoms with van der Waals surface area (Å²) in [5.74, 6) is 0.428. The van der Waals surface area contributed by atoms with Crippen molar-refractivity contribution >= 4 is 10.0 Å². The maximum atomic E-state index is 12.5. The Bertz CT molecular complexity index is 517. The van der Waals surface area contributed by atoms with Crippen molar-refractivity contribution in [3.63, 3.8) is 0 Å². The monoisotopic (exact) mass is 299 g/mol. The second-order valence-electron chi connectivity index (χ2n) is 5.85. The minimum Gasteiger partial charge on any atom is -0.308 e. The number of aromatic nitrogens is 1. The lowest BCUT2D eigenvalue weighted by Crippen LogP contribution is -2.42. The molecule has 0 spiro atoms. The fourth-order valence-electron chi connectivity index (χ4n) is 2.18. The van der Waals surface area contributed by atoms with E-state index in [9.17, 15) is 8.42 Å². The van der Waals surface area contributed by atoms with Gasteiger partial charge in [-0.3, -0.25) is 4.98 Å². The first-order chi connectivity index (χ1) is 9.22. The van der Waals surface area contributed by atoms with Gasteiger partial charge in [-0.1, -0.05) is 13.8 Å². The number of nitrogens with one attached hydrogen (secondary N) is 1. The highest BCUT2D eigenvalue weighted by Gasteiger charge is 2.23. The van der Waals surface area contributed by atoms with Crippen molar-refractivity contribution in [2.75, 3.05) is 20.6 Å². The molecule has 0 aromatic carbocycles. The molecule has 20 heavy (non-hydrogen) atoms. The third-order valence-electron chi connectivity index (χ3n) is 2.94. The fourth-order valence-corrected chi connectivity index (χ4v) is 3.61. The number of rotatable bonds is 7. The van der Waals surface area contributed by atoms with E-state index in [4.69, 9.17) is 0 Å². The zero-order valence-electron chi connectivity index (χ0n) is 12.9. The molecule has 0 aliphatic heterocycles. The first-order valence-corrected chi connectivity index (χ1v) is 8.28. The first kappa shape index (κ1) is 17.1. The summed E-state index contributed by atoms with van der Waals surface area (Å²) in [5.41, 5.74) is 0.709. The second-order valence-corrected chi connectivity index (χ2v) is 7.53. The zero-order valence-corrected chi connectivity index (χ0v) is 13.7. The number of hydrogen-bond donors (Lipinski definition) is 1. The summed E-state index contributed by atoms with van der Waals surface area (Å²) in [4.78, 5) is 6.16. The summed E-state index contributed by atoms with van der Waals surface area (Å²) in [7, 11) is 0.362. The van der Waals surface area contributed by atoms with Gasteiger partial charge in [0.05, 0.1) is 0 Å². The van der Waals surface area contributed by atoms with Crippen LogP contribution < -0.4 is 4.72 Å². The molecule has 1 aromatic heterocycles. The van der Waals surface area contributed by atoms with Crippen LogP contribution in [0.4, 0.5) is 0 Å². The molecule has 0 radical (unpaired) electrons. The fraction of sp³-hybridized carbons (Fsp3) is 0.643. The lowest BCUT2D eigenvalue weighted by molar-refractivity contribution is 0.329. The van der Waals surface area contributed by atoms with Crippen molar-refractivity contribution in [3.8, 4) is 0 Å². The third kappa shape index (κ3) is 5.19. The molecule has 0 aliphatic carbocycles. The van der Waals surface area contributed by atoms with Crippen LogP contribution in [0.3, 0.4) is 0 Å². The number of pyridine rings is 1. The van der Waals surface area contributed by atoms with E-state index in [-0.39, 0.29) is 10.9 Å². The van der Waals surface area contributed by atoms with Crippen LogP contribution in [0.15, 0.2) is 23.4 Å². The molecule has 1 unspecified atom stereocenters. The van der Waals surface area contributed by atoms with Gasteiger partial charge in [0.1, 0.15) is 4.90 Å². The predicted molar refractivity (Wildman–Crippen MR) is 81.1 cm³/mol. The average Bonchev–Trinajstić information content (AvgIpc) is 2.26. The molecule has 0 bridgehead atoms. The molecular weight excluding hydrogens is 274 g/mol. The first-order valence-electron chi connectivity index (χ1n) is 6.80. The van der Waals surface area contributed by atoms with Gasteiger partial charge in [0.25, 0.3) is 0 Å². The summed E-state index contributed by atoms with van der Waals surface area (Å²) in [6.45, 7) is 6.63. The van der Waals surface area contributed by atoms with Gasteiger partial charge in [-0.25, -0.2) is 13.1 Å². The Kier molecular flexibility index (Phi) is 6.10. The van der Waals surface area contributed by atoms with Gasteiger partial charge < -0.3 is 4.90 Å². The van der Waals surface area contributed by atoms with Gasteiger partial charge in [-0.2, -0.15) is 0 Å². The minimum atomic E-state index is -3.52. The molecule has 1 N–H and O–H groups in total. The van der Waals surface area contributed by atoms with E-state index in [2.05, 4.69) is 23.6 Å². The lowest BCUT2D eigenvalue weighted by atomic mass is 10.0. The molecule has 6 heteroatoms. The number of nitrogens with zero attached hydrogens (tertiary/aromatic N) is 2. The molecule has 1 rings (SSSR count). The molecule has 1 atom stereocenters. The minimum absolute atomic E-state index is 0.102. The van der Waals surface area contributed by atoms with Crippen LogP contribution in [0.2, 0.25) is 0 Å². The second kappa shape index (κ2) is 7.15. The Morgan fingerprint density at radius 2 is 2.00 bits per heavy atom. The maximum absolute atomic E-state index is 12.5. The van der Waals surface area contributed by atoms with Gasteiger partial charge >= 0.3 is 0 Å². The van der Waals surface area contributed by atoms with Crippen molar-refractivity contribution in [1.29, 1.82) is 0 Å². The van der Waals surface area contributed by atoms with Gasteiger partial charge in [0, 0.05) is 25.0 Å². The number of sulfonamides is 1. The smallest absolute Gasteiger partial charge is 0.242 e. The molecular formula is C14H25N3O2S. The molecule has 0 fully saturated rings. The van der Waals surface area contributed by atoms with Gasteiger partial charge in [0.2, 0.25) is 10.0 Å². The standard InChI is InChI=1S/C14H25N3O2S/c1-11(2)8-13(10-17(4)5)16-20(18,19)14-9-15-7-6-12(14)3/h6-7,9,11,13,16H,8,10H2,1-5H3. The summed E-state index contributed by atoms with van der Waals surface area (Å²) in [6, 6.07) is 1.60. The normalized spacial score (nSPS) is 13.9. The molecule has 1 heterocycles. The van der Waals surface area contributed by atoms with Crippen molar-refractivity contribution in [3.05, 3.63) is 24.0 Å². The average molecular weight is 299 g/mol. The van der Waals surface area contributed by atoms with E-state index in [1.54, 1.807) is 19.2 Å². The Labute approximate surface area is 122 Å². The van der Waals surface area contributed by atoms with Crippen LogP contribution >= 0.6 is 0 Å². The number of likely N-dealkylation sites (N-methyl/N-ethyl adjacent to an activating group) is 1. The van der Waals surface area contributed by atoms with Crippen molar-refractivity contribution < 1.29 is 8.42 Å². The Balaban J connectivity index is 2.94. The van der Waals surface area contributed by atoms with Gasteiger partial charge in [-0.15, -0.1) is 0 Å².